The fourth-order valence-corrected chi connectivity index (χ4v) is 3.69. The van der Waals surface area contributed by atoms with Crippen molar-refractivity contribution in [1.29, 1.82) is 0 Å². The second-order valence-electron chi connectivity index (χ2n) is 7.30. The number of ether oxygens (including phenoxy) is 1. The highest BCUT2D eigenvalue weighted by atomic mass is 32.2. The molecule has 0 aromatic heterocycles. The van der Waals surface area contributed by atoms with Gasteiger partial charge in [-0.05, 0) is 70.5 Å². The summed E-state index contributed by atoms with van der Waals surface area (Å²) in [6.07, 6.45) is 12.7. The molecule has 0 amide bonds. The van der Waals surface area contributed by atoms with Crippen molar-refractivity contribution < 1.29 is 30.9 Å². The van der Waals surface area contributed by atoms with E-state index in [1.807, 2.05) is 18.2 Å². The van der Waals surface area contributed by atoms with Gasteiger partial charge in [0.2, 0.25) is 0 Å². The van der Waals surface area contributed by atoms with Gasteiger partial charge in [0.1, 0.15) is 6.61 Å². The predicted octanol–water partition coefficient (Wildman–Crippen LogP) is 6.35. The number of halogens is 3. The number of hydrogen-bond donors (Lipinski definition) is 1. The average Bonchev–Trinajstić information content (AvgIpc) is 2.79. The van der Waals surface area contributed by atoms with Crippen molar-refractivity contribution in [3.05, 3.63) is 84.1 Å². The maximum atomic E-state index is 10.7. The van der Waals surface area contributed by atoms with Crippen molar-refractivity contribution in [1.82, 2.24) is 0 Å². The van der Waals surface area contributed by atoms with Crippen LogP contribution in [0.2, 0.25) is 0 Å². The molecule has 0 saturated carbocycles. The monoisotopic (exact) mass is 464 g/mol. The summed E-state index contributed by atoms with van der Waals surface area (Å²) >= 11 is 0. The van der Waals surface area contributed by atoms with Gasteiger partial charge >= 0.3 is 15.6 Å². The summed E-state index contributed by atoms with van der Waals surface area (Å²) in [6.45, 7) is 0.733. The molecule has 1 N–H and O–H groups in total. The van der Waals surface area contributed by atoms with Gasteiger partial charge in [-0.3, -0.25) is 4.55 Å². The zero-order chi connectivity index (χ0) is 23.2. The molecule has 170 valence electrons. The van der Waals surface area contributed by atoms with E-state index in [0.29, 0.717) is 0 Å². The Bertz CT molecular complexity index is 1230. The molecule has 4 nitrogen and oxygen atoms in total. The zero-order valence-corrected chi connectivity index (χ0v) is 18.0. The first kappa shape index (κ1) is 23.8. The second kappa shape index (κ2) is 10.2. The summed E-state index contributed by atoms with van der Waals surface area (Å²) < 4.78 is 62.3. The lowest BCUT2D eigenvalue weighted by molar-refractivity contribution is -0.0510. The van der Waals surface area contributed by atoms with Crippen LogP contribution in [0.15, 0.2) is 73.0 Å². The summed E-state index contributed by atoms with van der Waals surface area (Å²) in [5.74, 6) is 0. The molecule has 1 aliphatic heterocycles. The van der Waals surface area contributed by atoms with Crippen LogP contribution in [-0.4, -0.2) is 25.1 Å². The SMILES string of the molecule is C1=CCOC=C1.O=S(=O)(O)C(F)(F)F.c1ccc2c(c1)ccc1c3c(ccc12)CCCC3. The number of aryl methyl sites for hydroxylation is 2. The van der Waals surface area contributed by atoms with Gasteiger partial charge in [-0.15, -0.1) is 0 Å². The molecule has 0 unspecified atom stereocenters. The highest BCUT2D eigenvalue weighted by molar-refractivity contribution is 7.86. The van der Waals surface area contributed by atoms with Crippen LogP contribution < -0.4 is 0 Å². The summed E-state index contributed by atoms with van der Waals surface area (Å²) in [5, 5.41) is 5.64. The molecule has 0 bridgehead atoms. The average molecular weight is 465 g/mol. The highest BCUT2D eigenvalue weighted by Gasteiger charge is 2.44. The molecule has 0 spiro atoms. The van der Waals surface area contributed by atoms with Crippen LogP contribution in [0.3, 0.4) is 0 Å². The maximum Gasteiger partial charge on any atom is 0.522 e. The summed E-state index contributed by atoms with van der Waals surface area (Å²) in [6, 6.07) is 18.0. The number of hydrogen-bond acceptors (Lipinski definition) is 3. The number of fused-ring (bicyclic) bond motifs is 5. The van der Waals surface area contributed by atoms with E-state index in [0.717, 1.165) is 6.61 Å². The smallest absolute Gasteiger partial charge is 0.497 e. The first-order chi connectivity index (χ1) is 15.2. The van der Waals surface area contributed by atoms with Crippen LogP contribution in [0.5, 0.6) is 0 Å². The number of rotatable bonds is 0. The van der Waals surface area contributed by atoms with Gasteiger partial charge in [-0.2, -0.15) is 21.6 Å². The van der Waals surface area contributed by atoms with Gasteiger partial charge < -0.3 is 4.74 Å². The third kappa shape index (κ3) is 5.89. The van der Waals surface area contributed by atoms with Crippen molar-refractivity contribution in [2.75, 3.05) is 6.61 Å². The molecule has 1 heterocycles. The largest absolute Gasteiger partial charge is 0.522 e. The van der Waals surface area contributed by atoms with E-state index in [1.54, 1.807) is 17.4 Å². The first-order valence-electron chi connectivity index (χ1n) is 10.1. The summed E-state index contributed by atoms with van der Waals surface area (Å²) in [7, 11) is -5.84. The van der Waals surface area contributed by atoms with Crippen LogP contribution in [0.1, 0.15) is 24.0 Å². The quantitative estimate of drug-likeness (QED) is 0.239. The highest BCUT2D eigenvalue weighted by Crippen LogP contribution is 2.33. The Kier molecular flexibility index (Phi) is 7.58. The van der Waals surface area contributed by atoms with E-state index in [-0.39, 0.29) is 0 Å². The Morgan fingerprint density at radius 1 is 0.844 bits per heavy atom. The Morgan fingerprint density at radius 3 is 2.12 bits per heavy atom. The second-order valence-corrected chi connectivity index (χ2v) is 8.72. The van der Waals surface area contributed by atoms with Gasteiger partial charge in [-0.1, -0.05) is 54.6 Å². The van der Waals surface area contributed by atoms with Crippen molar-refractivity contribution in [3.63, 3.8) is 0 Å². The van der Waals surface area contributed by atoms with Gasteiger partial charge in [0.25, 0.3) is 0 Å². The van der Waals surface area contributed by atoms with Crippen molar-refractivity contribution in [3.8, 4) is 0 Å². The van der Waals surface area contributed by atoms with E-state index >= 15 is 0 Å². The minimum Gasteiger partial charge on any atom is -0.497 e. The standard InChI is InChI=1S/C18H16.C5H6O.CHF3O3S/c1-3-7-15-13(5-1)9-11-18-16-8-4-2-6-14(16)10-12-17(15)18;1-2-4-6-5-3-1;2-1(3,4)8(5,6)7/h1,3,5,7,9-12H,2,4,6,8H2;1-4H,5H2;(H,5,6,7). The maximum absolute atomic E-state index is 10.7. The van der Waals surface area contributed by atoms with Crippen molar-refractivity contribution in [2.24, 2.45) is 0 Å². The van der Waals surface area contributed by atoms with Gasteiger partial charge in [0.15, 0.2) is 0 Å². The Hall–Kier alpha value is -2.84. The van der Waals surface area contributed by atoms with E-state index in [9.17, 15) is 13.2 Å². The minimum absolute atomic E-state index is 0.733. The van der Waals surface area contributed by atoms with Crippen molar-refractivity contribution >= 4 is 31.7 Å². The molecule has 1 aliphatic carbocycles. The molecule has 3 aromatic carbocycles. The van der Waals surface area contributed by atoms with Crippen LogP contribution >= 0.6 is 0 Å². The molecule has 0 radical (unpaired) electrons. The molecule has 0 atom stereocenters. The van der Waals surface area contributed by atoms with Gasteiger partial charge in [-0.25, -0.2) is 0 Å². The van der Waals surface area contributed by atoms with Gasteiger partial charge in [0.05, 0.1) is 6.26 Å². The zero-order valence-electron chi connectivity index (χ0n) is 17.2. The molecule has 8 heteroatoms. The molecule has 2 aliphatic rings. The van der Waals surface area contributed by atoms with Crippen LogP contribution in [0.25, 0.3) is 21.5 Å². The van der Waals surface area contributed by atoms with Gasteiger partial charge in [0, 0.05) is 0 Å². The van der Waals surface area contributed by atoms with E-state index < -0.39 is 15.6 Å². The molecule has 3 aromatic rings. The summed E-state index contributed by atoms with van der Waals surface area (Å²) in [4.78, 5) is 0. The molecular weight excluding hydrogens is 441 g/mol. The van der Waals surface area contributed by atoms with Crippen LogP contribution in [-0.2, 0) is 27.7 Å². The number of allylic oxidation sites excluding steroid dienone is 2. The predicted molar refractivity (Wildman–Crippen MR) is 120 cm³/mol. The summed E-state index contributed by atoms with van der Waals surface area (Å²) in [5.41, 5.74) is -2.36. The Labute approximate surface area is 184 Å². The van der Waals surface area contributed by atoms with E-state index in [1.165, 1.54) is 47.2 Å². The minimum atomic E-state index is -5.84. The molecule has 32 heavy (non-hydrogen) atoms. The Morgan fingerprint density at radius 2 is 1.53 bits per heavy atom. The third-order valence-electron chi connectivity index (χ3n) is 5.16. The fraction of sp³-hybridized carbons (Fsp3) is 0.250. The molecule has 0 fully saturated rings. The normalized spacial score (nSPS) is 15.1. The fourth-order valence-electron chi connectivity index (χ4n) is 3.69. The molecular formula is C24H23F3O4S. The number of alkyl halides is 3. The molecule has 0 saturated heterocycles. The lowest BCUT2D eigenvalue weighted by Crippen LogP contribution is -2.21. The van der Waals surface area contributed by atoms with E-state index in [4.69, 9.17) is 17.7 Å². The third-order valence-corrected chi connectivity index (χ3v) is 5.75. The lowest BCUT2D eigenvalue weighted by atomic mass is 9.86. The number of benzene rings is 3. The van der Waals surface area contributed by atoms with E-state index in [2.05, 4.69) is 48.5 Å². The van der Waals surface area contributed by atoms with Crippen molar-refractivity contribution in [2.45, 2.75) is 31.2 Å². The van der Waals surface area contributed by atoms with Crippen LogP contribution in [0.4, 0.5) is 13.2 Å². The lowest BCUT2D eigenvalue weighted by Gasteiger charge is -2.18. The first-order valence-corrected chi connectivity index (χ1v) is 11.5. The molecule has 5 rings (SSSR count). The Balaban J connectivity index is 0.000000172. The topological polar surface area (TPSA) is 63.6 Å². The van der Waals surface area contributed by atoms with Crippen LogP contribution in [0, 0.1) is 0 Å².